The molecule has 0 spiro atoms. The summed E-state index contributed by atoms with van der Waals surface area (Å²) < 4.78 is 15.8. The Bertz CT molecular complexity index is 1080. The van der Waals surface area contributed by atoms with Crippen LogP contribution in [0.5, 0.6) is 11.5 Å². The summed E-state index contributed by atoms with van der Waals surface area (Å²) in [5.74, 6) is 0.965. The monoisotopic (exact) mass is 394 g/mol. The summed E-state index contributed by atoms with van der Waals surface area (Å²) in [4.78, 5) is 29.3. The molecule has 0 aliphatic carbocycles. The molecule has 3 aromatic rings. The molecule has 2 heterocycles. The minimum absolute atomic E-state index is 0.0450. The molecule has 2 aromatic carbocycles. The number of hydrogen-bond donors (Lipinski definition) is 0. The molecule has 29 heavy (non-hydrogen) atoms. The van der Waals surface area contributed by atoms with E-state index in [0.29, 0.717) is 42.9 Å². The number of ether oxygens (including phenoxy) is 2. The first-order valence-corrected chi connectivity index (χ1v) is 9.40. The fourth-order valence-corrected chi connectivity index (χ4v) is 3.56. The number of rotatable bonds is 4. The van der Waals surface area contributed by atoms with Crippen LogP contribution in [0.4, 0.5) is 5.69 Å². The molecule has 0 atom stereocenters. The standard InChI is InChI=1S/C22H22N2O5/c1-27-17-8-6-16(7-9-17)23-10-12-24(13-11-23)21(25)18-14-15-4-3-5-19(28-2)20(15)29-22(18)26/h3-9,14H,10-13H2,1-2H3. The van der Waals surface area contributed by atoms with E-state index in [9.17, 15) is 9.59 Å². The lowest BCUT2D eigenvalue weighted by molar-refractivity contribution is 0.0742. The highest BCUT2D eigenvalue weighted by atomic mass is 16.5. The molecule has 150 valence electrons. The Morgan fingerprint density at radius 1 is 0.966 bits per heavy atom. The second kappa shape index (κ2) is 7.87. The topological polar surface area (TPSA) is 72.2 Å². The van der Waals surface area contributed by atoms with Crippen LogP contribution in [0.25, 0.3) is 11.0 Å². The van der Waals surface area contributed by atoms with Crippen LogP contribution in [-0.2, 0) is 0 Å². The van der Waals surface area contributed by atoms with E-state index in [1.165, 1.54) is 7.11 Å². The molecule has 0 radical (unpaired) electrons. The zero-order valence-corrected chi connectivity index (χ0v) is 16.4. The van der Waals surface area contributed by atoms with E-state index >= 15 is 0 Å². The number of carbonyl (C=O) groups is 1. The van der Waals surface area contributed by atoms with Gasteiger partial charge in [0.05, 0.1) is 14.2 Å². The van der Waals surface area contributed by atoms with Crippen LogP contribution in [0.15, 0.2) is 57.7 Å². The Labute approximate surface area is 168 Å². The van der Waals surface area contributed by atoms with Crippen molar-refractivity contribution in [2.24, 2.45) is 0 Å². The first-order chi connectivity index (χ1) is 14.1. The summed E-state index contributed by atoms with van der Waals surface area (Å²) in [6, 6.07) is 14.7. The molecule has 1 saturated heterocycles. The number of fused-ring (bicyclic) bond motifs is 1. The number of anilines is 1. The summed E-state index contributed by atoms with van der Waals surface area (Å²) in [6.45, 7) is 2.43. The molecule has 1 aromatic heterocycles. The van der Waals surface area contributed by atoms with Crippen molar-refractivity contribution < 1.29 is 18.7 Å². The van der Waals surface area contributed by atoms with Crippen molar-refractivity contribution >= 4 is 22.6 Å². The van der Waals surface area contributed by atoms with E-state index in [-0.39, 0.29) is 11.5 Å². The van der Waals surface area contributed by atoms with Gasteiger partial charge < -0.3 is 23.7 Å². The summed E-state index contributed by atoms with van der Waals surface area (Å²) in [7, 11) is 3.15. The molecule has 4 rings (SSSR count). The number of carbonyl (C=O) groups excluding carboxylic acids is 1. The fraction of sp³-hybridized carbons (Fsp3) is 0.273. The predicted octanol–water partition coefficient (Wildman–Crippen LogP) is 2.77. The van der Waals surface area contributed by atoms with Crippen LogP contribution in [0.2, 0.25) is 0 Å². The normalized spacial score (nSPS) is 14.1. The van der Waals surface area contributed by atoms with Gasteiger partial charge in [-0.2, -0.15) is 0 Å². The Morgan fingerprint density at radius 2 is 1.69 bits per heavy atom. The van der Waals surface area contributed by atoms with Gasteiger partial charge >= 0.3 is 5.63 Å². The SMILES string of the molecule is COc1ccc(N2CCN(C(=O)c3cc4cccc(OC)c4oc3=O)CC2)cc1. The molecule has 0 bridgehead atoms. The second-order valence-electron chi connectivity index (χ2n) is 6.80. The number of hydrogen-bond acceptors (Lipinski definition) is 6. The summed E-state index contributed by atoms with van der Waals surface area (Å²) in [5, 5.41) is 0.657. The first-order valence-electron chi connectivity index (χ1n) is 9.40. The maximum absolute atomic E-state index is 12.9. The zero-order valence-electron chi connectivity index (χ0n) is 16.4. The van der Waals surface area contributed by atoms with E-state index in [1.54, 1.807) is 36.3 Å². The van der Waals surface area contributed by atoms with E-state index < -0.39 is 5.63 Å². The average Bonchev–Trinajstić information content (AvgIpc) is 2.78. The molecule has 1 amide bonds. The number of nitrogens with zero attached hydrogens (tertiary/aromatic N) is 2. The van der Waals surface area contributed by atoms with Crippen molar-refractivity contribution in [1.82, 2.24) is 4.90 Å². The van der Waals surface area contributed by atoms with E-state index in [1.807, 2.05) is 24.3 Å². The van der Waals surface area contributed by atoms with Crippen molar-refractivity contribution in [1.29, 1.82) is 0 Å². The third kappa shape index (κ3) is 3.63. The molecule has 1 fully saturated rings. The Morgan fingerprint density at radius 3 is 2.34 bits per heavy atom. The van der Waals surface area contributed by atoms with Crippen molar-refractivity contribution in [3.05, 3.63) is 64.5 Å². The van der Waals surface area contributed by atoms with Crippen LogP contribution in [0, 0.1) is 0 Å². The third-order valence-electron chi connectivity index (χ3n) is 5.18. The van der Waals surface area contributed by atoms with Gasteiger partial charge in [0.1, 0.15) is 11.3 Å². The molecule has 0 unspecified atom stereocenters. The van der Waals surface area contributed by atoms with Gasteiger partial charge in [-0.25, -0.2) is 4.79 Å². The minimum Gasteiger partial charge on any atom is -0.497 e. The summed E-state index contributed by atoms with van der Waals surface area (Å²) >= 11 is 0. The largest absolute Gasteiger partial charge is 0.497 e. The lowest BCUT2D eigenvalue weighted by atomic mass is 10.1. The van der Waals surface area contributed by atoms with Gasteiger partial charge in [0.25, 0.3) is 5.91 Å². The highest BCUT2D eigenvalue weighted by molar-refractivity contribution is 5.97. The summed E-state index contributed by atoms with van der Waals surface area (Å²) in [5.41, 5.74) is 0.823. The predicted molar refractivity (Wildman–Crippen MR) is 110 cm³/mol. The molecular formula is C22H22N2O5. The average molecular weight is 394 g/mol. The maximum atomic E-state index is 12.9. The van der Waals surface area contributed by atoms with Gasteiger partial charge in [-0.3, -0.25) is 4.79 Å². The second-order valence-corrected chi connectivity index (χ2v) is 6.80. The van der Waals surface area contributed by atoms with Gasteiger partial charge in [-0.05, 0) is 36.4 Å². The molecular weight excluding hydrogens is 372 g/mol. The van der Waals surface area contributed by atoms with Crippen LogP contribution < -0.4 is 20.0 Å². The highest BCUT2D eigenvalue weighted by Gasteiger charge is 2.25. The van der Waals surface area contributed by atoms with Crippen LogP contribution in [0.3, 0.4) is 0 Å². The minimum atomic E-state index is -0.649. The number of para-hydroxylation sites is 1. The van der Waals surface area contributed by atoms with Crippen molar-refractivity contribution in [2.45, 2.75) is 0 Å². The molecule has 1 aliphatic heterocycles. The van der Waals surface area contributed by atoms with E-state index in [0.717, 1.165) is 11.4 Å². The molecule has 0 saturated carbocycles. The lowest BCUT2D eigenvalue weighted by Crippen LogP contribution is -2.49. The Hall–Kier alpha value is -3.48. The molecule has 7 heteroatoms. The van der Waals surface area contributed by atoms with Crippen molar-refractivity contribution in [3.63, 3.8) is 0 Å². The van der Waals surface area contributed by atoms with E-state index in [2.05, 4.69) is 4.90 Å². The number of benzene rings is 2. The fourth-order valence-electron chi connectivity index (χ4n) is 3.56. The Balaban J connectivity index is 1.51. The zero-order chi connectivity index (χ0) is 20.4. The van der Waals surface area contributed by atoms with Crippen molar-refractivity contribution in [2.75, 3.05) is 45.3 Å². The smallest absolute Gasteiger partial charge is 0.349 e. The van der Waals surface area contributed by atoms with Crippen LogP contribution in [-0.4, -0.2) is 51.2 Å². The van der Waals surface area contributed by atoms with Crippen LogP contribution >= 0.6 is 0 Å². The Kier molecular flexibility index (Phi) is 5.12. The highest BCUT2D eigenvalue weighted by Crippen LogP contribution is 2.25. The van der Waals surface area contributed by atoms with Gasteiger partial charge in [-0.1, -0.05) is 12.1 Å². The van der Waals surface area contributed by atoms with E-state index in [4.69, 9.17) is 13.9 Å². The molecule has 7 nitrogen and oxygen atoms in total. The first kappa shape index (κ1) is 18.9. The number of amides is 1. The quantitative estimate of drug-likeness (QED) is 0.634. The van der Waals surface area contributed by atoms with Gasteiger partial charge in [-0.15, -0.1) is 0 Å². The van der Waals surface area contributed by atoms with Gasteiger partial charge in [0.15, 0.2) is 11.3 Å². The number of piperazine rings is 1. The van der Waals surface area contributed by atoms with Crippen molar-refractivity contribution in [3.8, 4) is 11.5 Å². The molecule has 0 N–H and O–H groups in total. The third-order valence-corrected chi connectivity index (χ3v) is 5.18. The molecule has 1 aliphatic rings. The lowest BCUT2D eigenvalue weighted by Gasteiger charge is -2.36. The van der Waals surface area contributed by atoms with Gasteiger partial charge in [0, 0.05) is 37.3 Å². The number of methoxy groups -OCH3 is 2. The van der Waals surface area contributed by atoms with Gasteiger partial charge in [0.2, 0.25) is 0 Å². The summed E-state index contributed by atoms with van der Waals surface area (Å²) in [6.07, 6.45) is 0. The maximum Gasteiger partial charge on any atom is 0.349 e. The van der Waals surface area contributed by atoms with Crippen LogP contribution in [0.1, 0.15) is 10.4 Å².